The highest BCUT2D eigenvalue weighted by Gasteiger charge is 2.35. The van der Waals surface area contributed by atoms with Crippen LogP contribution < -0.4 is 0 Å². The Balaban J connectivity index is 0.889. The average Bonchev–Trinajstić information content (AvgIpc) is 3.75. The molecule has 0 saturated carbocycles. The van der Waals surface area contributed by atoms with E-state index in [4.69, 9.17) is 9.97 Å². The van der Waals surface area contributed by atoms with Gasteiger partial charge in [0.05, 0.1) is 22.4 Å². The van der Waals surface area contributed by atoms with E-state index >= 15 is 0 Å². The first kappa shape index (κ1) is 33.9. The molecule has 0 radical (unpaired) electrons. The van der Waals surface area contributed by atoms with Crippen molar-refractivity contribution in [3.8, 4) is 73.0 Å². The zero-order valence-corrected chi connectivity index (χ0v) is 32.4. The summed E-state index contributed by atoms with van der Waals surface area (Å²) in [7, 11) is 0. The van der Waals surface area contributed by atoms with Gasteiger partial charge in [0, 0.05) is 38.6 Å². The van der Waals surface area contributed by atoms with Gasteiger partial charge in [-0.1, -0.05) is 178 Å². The van der Waals surface area contributed by atoms with E-state index < -0.39 is 0 Å². The molecule has 2 aromatic heterocycles. The minimum absolute atomic E-state index is 0.0902. The van der Waals surface area contributed by atoms with Crippen molar-refractivity contribution < 1.29 is 0 Å². The molecule has 0 spiro atoms. The summed E-state index contributed by atoms with van der Waals surface area (Å²) in [6.45, 7) is 4.64. The molecule has 0 amide bonds. The van der Waals surface area contributed by atoms with E-state index in [1.54, 1.807) is 0 Å². The van der Waals surface area contributed by atoms with Crippen molar-refractivity contribution in [3.63, 3.8) is 0 Å². The third-order valence-electron chi connectivity index (χ3n) is 12.1. The molecule has 0 unspecified atom stereocenters. The van der Waals surface area contributed by atoms with Crippen molar-refractivity contribution in [2.45, 2.75) is 19.3 Å². The topological polar surface area (TPSA) is 30.7 Å². The highest BCUT2D eigenvalue weighted by molar-refractivity contribution is 6.09. The van der Waals surface area contributed by atoms with Gasteiger partial charge in [0.1, 0.15) is 0 Å². The smallest absolute Gasteiger partial charge is 0.160 e. The molecular weight excluding hydrogens is 703 g/mol. The fourth-order valence-corrected chi connectivity index (χ4v) is 9.02. The number of hydrogen-bond acceptors (Lipinski definition) is 2. The molecule has 0 aliphatic heterocycles. The standard InChI is InChI=1S/C55H39N3/c1-55(2)48-17-9-6-14-44(48)45-33-30-42(34-49(45)55)51-35-50(56-54(57-51)41-12-4-3-5-13-41)40-26-24-38(25-27-40)36-20-22-37(23-21-36)39-28-31-43(32-29-39)58-52-18-10-7-15-46(52)47-16-8-11-19-53(47)58/h3-35H,1-2H3. The van der Waals surface area contributed by atoms with Crippen LogP contribution >= 0.6 is 0 Å². The van der Waals surface area contributed by atoms with Gasteiger partial charge in [-0.2, -0.15) is 0 Å². The maximum atomic E-state index is 5.15. The first-order valence-corrected chi connectivity index (χ1v) is 20.0. The second kappa shape index (κ2) is 13.4. The van der Waals surface area contributed by atoms with Gasteiger partial charge in [-0.25, -0.2) is 9.97 Å². The van der Waals surface area contributed by atoms with Crippen LogP contribution in [-0.2, 0) is 5.41 Å². The van der Waals surface area contributed by atoms with Crippen molar-refractivity contribution in [3.05, 3.63) is 211 Å². The molecule has 0 saturated heterocycles. The number of rotatable bonds is 6. The summed E-state index contributed by atoms with van der Waals surface area (Å²) in [5.74, 6) is 0.721. The molecule has 0 bridgehead atoms. The number of benzene rings is 8. The number of aromatic nitrogens is 3. The first-order chi connectivity index (χ1) is 28.5. The van der Waals surface area contributed by atoms with Gasteiger partial charge in [0.15, 0.2) is 5.82 Å². The summed E-state index contributed by atoms with van der Waals surface area (Å²) < 4.78 is 2.36. The molecule has 3 heteroatoms. The fourth-order valence-electron chi connectivity index (χ4n) is 9.02. The van der Waals surface area contributed by atoms with Crippen LogP contribution in [-0.4, -0.2) is 14.5 Å². The third kappa shape index (κ3) is 5.58. The van der Waals surface area contributed by atoms with Gasteiger partial charge in [-0.3, -0.25) is 0 Å². The van der Waals surface area contributed by atoms with Crippen molar-refractivity contribution in [1.29, 1.82) is 0 Å². The lowest BCUT2D eigenvalue weighted by atomic mass is 9.82. The molecule has 8 aromatic carbocycles. The van der Waals surface area contributed by atoms with E-state index in [1.165, 1.54) is 60.8 Å². The highest BCUT2D eigenvalue weighted by atomic mass is 15.0. The Morgan fingerprint density at radius 1 is 0.362 bits per heavy atom. The molecule has 0 fully saturated rings. The zero-order chi connectivity index (χ0) is 38.8. The maximum absolute atomic E-state index is 5.15. The molecule has 1 aliphatic rings. The Kier molecular flexibility index (Phi) is 7.84. The van der Waals surface area contributed by atoms with Gasteiger partial charge in [-0.15, -0.1) is 0 Å². The second-order valence-corrected chi connectivity index (χ2v) is 15.8. The number of hydrogen-bond donors (Lipinski definition) is 0. The van der Waals surface area contributed by atoms with Crippen LogP contribution in [0.3, 0.4) is 0 Å². The molecule has 274 valence electrons. The van der Waals surface area contributed by atoms with Gasteiger partial charge in [-0.05, 0) is 80.9 Å². The van der Waals surface area contributed by atoms with E-state index in [2.05, 4.69) is 200 Å². The molecule has 58 heavy (non-hydrogen) atoms. The molecule has 10 aromatic rings. The Morgan fingerprint density at radius 2 is 0.828 bits per heavy atom. The lowest BCUT2D eigenvalue weighted by Gasteiger charge is -2.22. The largest absolute Gasteiger partial charge is 0.309 e. The van der Waals surface area contributed by atoms with Gasteiger partial charge >= 0.3 is 0 Å². The van der Waals surface area contributed by atoms with Crippen LogP contribution in [0.1, 0.15) is 25.0 Å². The SMILES string of the molecule is CC1(C)c2ccccc2-c2ccc(-c3cc(-c4ccc(-c5ccc(-c6ccc(-n7c8ccccc8c8ccccc87)cc6)cc5)cc4)nc(-c4ccccc4)n3)cc21. The minimum atomic E-state index is -0.0902. The van der Waals surface area contributed by atoms with Crippen molar-refractivity contribution in [2.75, 3.05) is 0 Å². The Morgan fingerprint density at radius 3 is 1.45 bits per heavy atom. The van der Waals surface area contributed by atoms with Crippen molar-refractivity contribution in [1.82, 2.24) is 14.5 Å². The summed E-state index contributed by atoms with van der Waals surface area (Å²) in [6.07, 6.45) is 0. The molecule has 2 heterocycles. The quantitative estimate of drug-likeness (QED) is 0.170. The highest BCUT2D eigenvalue weighted by Crippen LogP contribution is 2.49. The van der Waals surface area contributed by atoms with E-state index in [9.17, 15) is 0 Å². The number of fused-ring (bicyclic) bond motifs is 6. The molecule has 0 N–H and O–H groups in total. The average molecular weight is 742 g/mol. The number of para-hydroxylation sites is 2. The van der Waals surface area contributed by atoms with Crippen LogP contribution in [0.2, 0.25) is 0 Å². The Bertz CT molecular complexity index is 3100. The van der Waals surface area contributed by atoms with E-state index in [1.807, 2.05) is 18.2 Å². The van der Waals surface area contributed by atoms with E-state index in [0.717, 1.165) is 45.2 Å². The summed E-state index contributed by atoms with van der Waals surface area (Å²) in [6, 6.07) is 71.9. The van der Waals surface area contributed by atoms with Gasteiger partial charge < -0.3 is 4.57 Å². The predicted molar refractivity (Wildman–Crippen MR) is 241 cm³/mol. The van der Waals surface area contributed by atoms with Crippen LogP contribution in [0.15, 0.2) is 200 Å². The maximum Gasteiger partial charge on any atom is 0.160 e. The van der Waals surface area contributed by atoms with Crippen LogP contribution in [0.25, 0.3) is 94.8 Å². The lowest BCUT2D eigenvalue weighted by Crippen LogP contribution is -2.14. The third-order valence-corrected chi connectivity index (χ3v) is 12.1. The van der Waals surface area contributed by atoms with Crippen molar-refractivity contribution >= 4 is 21.8 Å². The van der Waals surface area contributed by atoms with Crippen LogP contribution in [0.5, 0.6) is 0 Å². The van der Waals surface area contributed by atoms with Gasteiger partial charge in [0.2, 0.25) is 0 Å². The van der Waals surface area contributed by atoms with Crippen molar-refractivity contribution in [2.24, 2.45) is 0 Å². The van der Waals surface area contributed by atoms with Crippen LogP contribution in [0, 0.1) is 0 Å². The first-order valence-electron chi connectivity index (χ1n) is 20.0. The normalized spacial score (nSPS) is 12.8. The summed E-state index contributed by atoms with van der Waals surface area (Å²) in [5.41, 5.74) is 18.5. The molecular formula is C55H39N3. The van der Waals surface area contributed by atoms with Crippen LogP contribution in [0.4, 0.5) is 0 Å². The Labute approximate surface area is 338 Å². The molecule has 3 nitrogen and oxygen atoms in total. The summed E-state index contributed by atoms with van der Waals surface area (Å²) in [4.78, 5) is 10.3. The second-order valence-electron chi connectivity index (χ2n) is 15.8. The van der Waals surface area contributed by atoms with E-state index in [-0.39, 0.29) is 5.41 Å². The van der Waals surface area contributed by atoms with E-state index in [0.29, 0.717) is 0 Å². The number of nitrogens with zero attached hydrogens (tertiary/aromatic N) is 3. The summed E-state index contributed by atoms with van der Waals surface area (Å²) in [5, 5.41) is 2.55. The lowest BCUT2D eigenvalue weighted by molar-refractivity contribution is 0.660. The molecule has 0 atom stereocenters. The minimum Gasteiger partial charge on any atom is -0.309 e. The molecule has 11 rings (SSSR count). The fraction of sp³-hybridized carbons (Fsp3) is 0.0545. The predicted octanol–water partition coefficient (Wildman–Crippen LogP) is 14.2. The monoisotopic (exact) mass is 741 g/mol. The zero-order valence-electron chi connectivity index (χ0n) is 32.4. The Hall–Kier alpha value is -7.36. The van der Waals surface area contributed by atoms with Gasteiger partial charge in [0.25, 0.3) is 0 Å². The molecule has 1 aliphatic carbocycles. The summed E-state index contributed by atoms with van der Waals surface area (Å²) >= 11 is 0.